The minimum absolute atomic E-state index is 0.0864. The molecule has 0 aromatic heterocycles. The van der Waals surface area contributed by atoms with Crippen LogP contribution in [0, 0.1) is 17.8 Å². The second-order valence-corrected chi connectivity index (χ2v) is 6.42. The standard InChI is InChI=1S/C17H25NO2/c1-19-15-7-14(8-16(10-15)20-2)17(18)9-13-6-11-3-4-12(13)5-11/h7-8,10-13,17H,3-6,9,18H2,1-2H3. The second-order valence-electron chi connectivity index (χ2n) is 6.42. The maximum atomic E-state index is 6.44. The minimum Gasteiger partial charge on any atom is -0.497 e. The zero-order valence-corrected chi connectivity index (χ0v) is 12.5. The molecule has 1 aromatic rings. The van der Waals surface area contributed by atoms with Crippen LogP contribution in [0.15, 0.2) is 18.2 Å². The Morgan fingerprint density at radius 3 is 2.30 bits per heavy atom. The van der Waals surface area contributed by atoms with Crippen molar-refractivity contribution in [2.24, 2.45) is 23.5 Å². The van der Waals surface area contributed by atoms with Crippen LogP contribution >= 0.6 is 0 Å². The Balaban J connectivity index is 1.71. The topological polar surface area (TPSA) is 44.5 Å². The molecule has 2 saturated carbocycles. The van der Waals surface area contributed by atoms with Gasteiger partial charge in [-0.05, 0) is 61.1 Å². The van der Waals surface area contributed by atoms with Crippen LogP contribution in [0.25, 0.3) is 0 Å². The van der Waals surface area contributed by atoms with E-state index in [-0.39, 0.29) is 6.04 Å². The Hall–Kier alpha value is -1.22. The van der Waals surface area contributed by atoms with Gasteiger partial charge in [-0.25, -0.2) is 0 Å². The van der Waals surface area contributed by atoms with Crippen LogP contribution in [-0.2, 0) is 0 Å². The Bertz CT molecular complexity index is 452. The highest BCUT2D eigenvalue weighted by Gasteiger charge is 2.39. The van der Waals surface area contributed by atoms with Gasteiger partial charge in [-0.15, -0.1) is 0 Å². The fourth-order valence-electron chi connectivity index (χ4n) is 4.17. The number of hydrogen-bond donors (Lipinski definition) is 1. The van der Waals surface area contributed by atoms with Crippen LogP contribution in [0.4, 0.5) is 0 Å². The summed E-state index contributed by atoms with van der Waals surface area (Å²) in [4.78, 5) is 0. The summed E-state index contributed by atoms with van der Waals surface area (Å²) < 4.78 is 10.7. The molecular formula is C17H25NO2. The lowest BCUT2D eigenvalue weighted by molar-refractivity contribution is 0.295. The molecule has 0 aliphatic heterocycles. The molecule has 0 heterocycles. The largest absolute Gasteiger partial charge is 0.497 e. The van der Waals surface area contributed by atoms with Crippen LogP contribution in [0.1, 0.15) is 43.7 Å². The molecule has 0 spiro atoms. The number of ether oxygens (including phenoxy) is 2. The lowest BCUT2D eigenvalue weighted by atomic mass is 9.83. The van der Waals surface area contributed by atoms with Crippen molar-refractivity contribution >= 4 is 0 Å². The summed E-state index contributed by atoms with van der Waals surface area (Å²) in [5.74, 6) is 4.38. The lowest BCUT2D eigenvalue weighted by Gasteiger charge is -2.25. The van der Waals surface area contributed by atoms with E-state index in [1.54, 1.807) is 14.2 Å². The molecule has 1 aromatic carbocycles. The van der Waals surface area contributed by atoms with Gasteiger partial charge >= 0.3 is 0 Å². The quantitative estimate of drug-likeness (QED) is 0.894. The Morgan fingerprint density at radius 2 is 1.80 bits per heavy atom. The minimum atomic E-state index is 0.0864. The van der Waals surface area contributed by atoms with Gasteiger partial charge in [-0.3, -0.25) is 0 Å². The van der Waals surface area contributed by atoms with E-state index in [0.29, 0.717) is 0 Å². The maximum Gasteiger partial charge on any atom is 0.122 e. The number of rotatable bonds is 5. The summed E-state index contributed by atoms with van der Waals surface area (Å²) in [7, 11) is 3.36. The van der Waals surface area contributed by atoms with Crippen molar-refractivity contribution in [3.05, 3.63) is 23.8 Å². The molecule has 2 aliphatic carbocycles. The van der Waals surface area contributed by atoms with Crippen molar-refractivity contribution in [3.63, 3.8) is 0 Å². The van der Waals surface area contributed by atoms with E-state index < -0.39 is 0 Å². The predicted octanol–water partition coefficient (Wildman–Crippen LogP) is 3.53. The second kappa shape index (κ2) is 5.65. The highest BCUT2D eigenvalue weighted by Crippen LogP contribution is 2.50. The van der Waals surface area contributed by atoms with Gasteiger partial charge in [0.2, 0.25) is 0 Å². The third-order valence-corrected chi connectivity index (χ3v) is 5.24. The first-order chi connectivity index (χ1) is 9.69. The summed E-state index contributed by atoms with van der Waals surface area (Å²) in [5, 5.41) is 0. The molecule has 4 atom stereocenters. The predicted molar refractivity (Wildman–Crippen MR) is 80.0 cm³/mol. The molecule has 2 bridgehead atoms. The van der Waals surface area contributed by atoms with Crippen LogP contribution in [0.5, 0.6) is 11.5 Å². The summed E-state index contributed by atoms with van der Waals surface area (Å²) in [6.07, 6.45) is 6.79. The molecule has 0 saturated heterocycles. The molecule has 2 fully saturated rings. The van der Waals surface area contributed by atoms with Gasteiger partial charge in [0.05, 0.1) is 14.2 Å². The van der Waals surface area contributed by atoms with E-state index in [4.69, 9.17) is 15.2 Å². The molecule has 0 amide bonds. The highest BCUT2D eigenvalue weighted by molar-refractivity contribution is 5.39. The molecule has 2 aliphatic rings. The van der Waals surface area contributed by atoms with E-state index in [9.17, 15) is 0 Å². The number of fused-ring (bicyclic) bond motifs is 2. The molecule has 20 heavy (non-hydrogen) atoms. The van der Waals surface area contributed by atoms with Crippen LogP contribution in [-0.4, -0.2) is 14.2 Å². The zero-order valence-electron chi connectivity index (χ0n) is 12.5. The van der Waals surface area contributed by atoms with Crippen LogP contribution in [0.2, 0.25) is 0 Å². The van der Waals surface area contributed by atoms with E-state index in [0.717, 1.165) is 41.2 Å². The average Bonchev–Trinajstić information content (AvgIpc) is 3.09. The summed E-state index contributed by atoms with van der Waals surface area (Å²) in [6, 6.07) is 6.07. The fourth-order valence-corrected chi connectivity index (χ4v) is 4.17. The summed E-state index contributed by atoms with van der Waals surface area (Å²) in [5.41, 5.74) is 7.57. The molecule has 3 heteroatoms. The van der Waals surface area contributed by atoms with Crippen molar-refractivity contribution in [1.29, 1.82) is 0 Å². The third-order valence-electron chi connectivity index (χ3n) is 5.24. The number of nitrogens with two attached hydrogens (primary N) is 1. The zero-order chi connectivity index (χ0) is 14.1. The fraction of sp³-hybridized carbons (Fsp3) is 0.647. The molecular weight excluding hydrogens is 250 g/mol. The van der Waals surface area contributed by atoms with Crippen LogP contribution < -0.4 is 15.2 Å². The van der Waals surface area contributed by atoms with E-state index in [1.165, 1.54) is 25.7 Å². The van der Waals surface area contributed by atoms with Gasteiger partial charge in [-0.1, -0.05) is 6.42 Å². The van der Waals surface area contributed by atoms with Crippen molar-refractivity contribution < 1.29 is 9.47 Å². The third kappa shape index (κ3) is 2.64. The molecule has 0 radical (unpaired) electrons. The Morgan fingerprint density at radius 1 is 1.10 bits per heavy atom. The molecule has 4 unspecified atom stereocenters. The normalized spacial score (nSPS) is 29.4. The lowest BCUT2D eigenvalue weighted by Crippen LogP contribution is -2.19. The number of methoxy groups -OCH3 is 2. The Kier molecular flexibility index (Phi) is 3.88. The average molecular weight is 275 g/mol. The Labute approximate surface area is 121 Å². The van der Waals surface area contributed by atoms with Gasteiger partial charge in [0.25, 0.3) is 0 Å². The van der Waals surface area contributed by atoms with Gasteiger partial charge in [0, 0.05) is 12.1 Å². The number of benzene rings is 1. The van der Waals surface area contributed by atoms with Gasteiger partial charge in [-0.2, -0.15) is 0 Å². The van der Waals surface area contributed by atoms with Crippen LogP contribution in [0.3, 0.4) is 0 Å². The summed E-state index contributed by atoms with van der Waals surface area (Å²) >= 11 is 0. The highest BCUT2D eigenvalue weighted by atomic mass is 16.5. The first-order valence-electron chi connectivity index (χ1n) is 7.68. The smallest absolute Gasteiger partial charge is 0.122 e. The van der Waals surface area contributed by atoms with Gasteiger partial charge < -0.3 is 15.2 Å². The van der Waals surface area contributed by atoms with Crippen molar-refractivity contribution in [2.45, 2.75) is 38.1 Å². The summed E-state index contributed by atoms with van der Waals surface area (Å²) in [6.45, 7) is 0. The van der Waals surface area contributed by atoms with Crippen molar-refractivity contribution in [2.75, 3.05) is 14.2 Å². The molecule has 3 rings (SSSR count). The number of hydrogen-bond acceptors (Lipinski definition) is 3. The maximum absolute atomic E-state index is 6.44. The first kappa shape index (κ1) is 13.7. The van der Waals surface area contributed by atoms with E-state index in [2.05, 4.69) is 0 Å². The molecule has 2 N–H and O–H groups in total. The first-order valence-corrected chi connectivity index (χ1v) is 7.68. The van der Waals surface area contributed by atoms with E-state index in [1.807, 2.05) is 18.2 Å². The molecule has 3 nitrogen and oxygen atoms in total. The van der Waals surface area contributed by atoms with Crippen molar-refractivity contribution in [1.82, 2.24) is 0 Å². The van der Waals surface area contributed by atoms with Gasteiger partial charge in [0.15, 0.2) is 0 Å². The van der Waals surface area contributed by atoms with Crippen molar-refractivity contribution in [3.8, 4) is 11.5 Å². The SMILES string of the molecule is COc1cc(OC)cc(C(N)CC2CC3CCC2C3)c1. The van der Waals surface area contributed by atoms with Gasteiger partial charge in [0.1, 0.15) is 11.5 Å². The monoisotopic (exact) mass is 275 g/mol. The molecule has 110 valence electrons. The van der Waals surface area contributed by atoms with E-state index >= 15 is 0 Å².